The lowest BCUT2D eigenvalue weighted by Gasteiger charge is -2.38. The lowest BCUT2D eigenvalue weighted by atomic mass is 9.77. The molecule has 0 saturated carbocycles. The Balaban J connectivity index is 1.33. The van der Waals surface area contributed by atoms with Gasteiger partial charge in [0.05, 0.1) is 0 Å². The molecule has 28 heavy (non-hydrogen) atoms. The van der Waals surface area contributed by atoms with E-state index in [0.29, 0.717) is 37.5 Å². The summed E-state index contributed by atoms with van der Waals surface area (Å²) in [5.74, 6) is 0.690. The van der Waals surface area contributed by atoms with Gasteiger partial charge >= 0.3 is 0 Å². The van der Waals surface area contributed by atoms with Gasteiger partial charge in [-0.1, -0.05) is 42.5 Å². The Morgan fingerprint density at radius 2 is 2.00 bits per heavy atom. The van der Waals surface area contributed by atoms with Gasteiger partial charge < -0.3 is 14.2 Å². The van der Waals surface area contributed by atoms with Gasteiger partial charge in [0.15, 0.2) is 12.1 Å². The molecule has 0 radical (unpaired) electrons. The lowest BCUT2D eigenvalue weighted by Crippen LogP contribution is -2.44. The topological polar surface area (TPSA) is 66.7 Å². The number of rotatable bonds is 4. The molecule has 3 heterocycles. The first kappa shape index (κ1) is 18.5. The molecule has 1 aromatic heterocycles. The highest BCUT2D eigenvalue weighted by Gasteiger charge is 2.45. The zero-order valence-electron chi connectivity index (χ0n) is 16.1. The van der Waals surface area contributed by atoms with Crippen LogP contribution in [0.15, 0.2) is 47.2 Å². The number of hydrogen-bond donors (Lipinski definition) is 0. The molecular weight excluding hydrogens is 354 g/mol. The molecule has 0 unspecified atom stereocenters. The Morgan fingerprint density at radius 1 is 1.25 bits per heavy atom. The largest absolute Gasteiger partial charge is 0.448 e. The second-order valence-electron chi connectivity index (χ2n) is 7.81. The van der Waals surface area contributed by atoms with Crippen LogP contribution >= 0.6 is 0 Å². The van der Waals surface area contributed by atoms with Gasteiger partial charge in [-0.15, -0.1) is 0 Å². The molecule has 2 saturated heterocycles. The SMILES string of the molecule is Cc1ocnc1C(=O)N1CCC2(CC1)CC(=O)N(CC=Cc1ccccc1)C2. The number of carbonyl (C=O) groups excluding carboxylic acids is 2. The van der Waals surface area contributed by atoms with E-state index in [1.807, 2.05) is 40.1 Å². The van der Waals surface area contributed by atoms with Crippen LogP contribution in [0.1, 0.15) is 41.1 Å². The highest BCUT2D eigenvalue weighted by atomic mass is 16.3. The molecular formula is C22H25N3O3. The third kappa shape index (κ3) is 3.72. The normalized spacial score (nSPS) is 19.1. The second kappa shape index (κ2) is 7.62. The van der Waals surface area contributed by atoms with Gasteiger partial charge in [-0.25, -0.2) is 4.98 Å². The van der Waals surface area contributed by atoms with Crippen molar-refractivity contribution in [3.8, 4) is 0 Å². The Bertz CT molecular complexity index is 879. The van der Waals surface area contributed by atoms with Crippen molar-refractivity contribution in [1.29, 1.82) is 0 Å². The Kier molecular flexibility index (Phi) is 5.03. The van der Waals surface area contributed by atoms with Crippen molar-refractivity contribution in [2.75, 3.05) is 26.2 Å². The molecule has 2 amide bonds. The van der Waals surface area contributed by atoms with Crippen LogP contribution in [0.3, 0.4) is 0 Å². The first-order valence-corrected chi connectivity index (χ1v) is 9.75. The number of aryl methyl sites for hydroxylation is 1. The van der Waals surface area contributed by atoms with Crippen LogP contribution in [-0.4, -0.2) is 52.8 Å². The number of oxazole rings is 1. The smallest absolute Gasteiger partial charge is 0.276 e. The molecule has 2 aliphatic rings. The molecule has 0 aliphatic carbocycles. The monoisotopic (exact) mass is 379 g/mol. The summed E-state index contributed by atoms with van der Waals surface area (Å²) in [6, 6.07) is 10.1. The van der Waals surface area contributed by atoms with E-state index in [1.54, 1.807) is 6.92 Å². The van der Waals surface area contributed by atoms with Crippen LogP contribution in [0, 0.1) is 12.3 Å². The van der Waals surface area contributed by atoms with Crippen LogP contribution in [-0.2, 0) is 4.79 Å². The van der Waals surface area contributed by atoms with E-state index < -0.39 is 0 Å². The van der Waals surface area contributed by atoms with E-state index in [4.69, 9.17) is 4.42 Å². The maximum Gasteiger partial charge on any atom is 0.276 e. The van der Waals surface area contributed by atoms with Crippen molar-refractivity contribution in [3.63, 3.8) is 0 Å². The fourth-order valence-corrected chi connectivity index (χ4v) is 4.21. The van der Waals surface area contributed by atoms with Crippen molar-refractivity contribution >= 4 is 17.9 Å². The molecule has 6 nitrogen and oxygen atoms in total. The molecule has 1 aromatic carbocycles. The van der Waals surface area contributed by atoms with Gasteiger partial charge in [0.1, 0.15) is 5.76 Å². The van der Waals surface area contributed by atoms with E-state index >= 15 is 0 Å². The summed E-state index contributed by atoms with van der Waals surface area (Å²) in [4.78, 5) is 32.9. The minimum Gasteiger partial charge on any atom is -0.448 e. The maximum atomic E-state index is 12.6. The predicted octanol–water partition coefficient (Wildman–Crippen LogP) is 3.15. The van der Waals surface area contributed by atoms with Crippen LogP contribution in [0.4, 0.5) is 0 Å². The second-order valence-corrected chi connectivity index (χ2v) is 7.81. The highest BCUT2D eigenvalue weighted by molar-refractivity contribution is 5.93. The lowest BCUT2D eigenvalue weighted by molar-refractivity contribution is -0.127. The number of benzene rings is 1. The first-order chi connectivity index (χ1) is 13.6. The first-order valence-electron chi connectivity index (χ1n) is 9.75. The molecule has 1 spiro atoms. The van der Waals surface area contributed by atoms with Gasteiger partial charge in [0.25, 0.3) is 5.91 Å². The molecule has 0 N–H and O–H groups in total. The summed E-state index contributed by atoms with van der Waals surface area (Å²) in [6.45, 7) is 4.48. The third-order valence-electron chi connectivity index (χ3n) is 5.90. The molecule has 6 heteroatoms. The van der Waals surface area contributed by atoms with Gasteiger partial charge in [0, 0.05) is 38.0 Å². The summed E-state index contributed by atoms with van der Waals surface area (Å²) >= 11 is 0. The van der Waals surface area contributed by atoms with Crippen molar-refractivity contribution in [1.82, 2.24) is 14.8 Å². The fraction of sp³-hybridized carbons (Fsp3) is 0.409. The number of amides is 2. The summed E-state index contributed by atoms with van der Waals surface area (Å²) in [5.41, 5.74) is 1.53. The van der Waals surface area contributed by atoms with E-state index in [2.05, 4.69) is 17.1 Å². The zero-order valence-corrected chi connectivity index (χ0v) is 16.1. The standard InChI is InChI=1S/C22H25N3O3/c1-17-20(23-16-28-17)21(27)24-12-9-22(10-13-24)14-19(26)25(15-22)11-5-8-18-6-3-2-4-7-18/h2-8,16H,9-15H2,1H3. The van der Waals surface area contributed by atoms with Gasteiger partial charge in [-0.3, -0.25) is 9.59 Å². The van der Waals surface area contributed by atoms with Crippen LogP contribution in [0.2, 0.25) is 0 Å². The van der Waals surface area contributed by atoms with Crippen LogP contribution in [0.5, 0.6) is 0 Å². The van der Waals surface area contributed by atoms with E-state index in [9.17, 15) is 9.59 Å². The number of hydrogen-bond acceptors (Lipinski definition) is 4. The minimum atomic E-state index is -0.0759. The Morgan fingerprint density at radius 3 is 2.68 bits per heavy atom. The molecule has 4 rings (SSSR count). The summed E-state index contributed by atoms with van der Waals surface area (Å²) in [6.07, 6.45) is 7.69. The molecule has 0 bridgehead atoms. The summed E-state index contributed by atoms with van der Waals surface area (Å²) < 4.78 is 5.15. The average Bonchev–Trinajstić information content (AvgIpc) is 3.26. The maximum absolute atomic E-state index is 12.6. The van der Waals surface area contributed by atoms with Crippen LogP contribution in [0.25, 0.3) is 6.08 Å². The van der Waals surface area contributed by atoms with Crippen molar-refractivity contribution in [3.05, 3.63) is 59.8 Å². The van der Waals surface area contributed by atoms with Crippen molar-refractivity contribution in [2.24, 2.45) is 5.41 Å². The van der Waals surface area contributed by atoms with E-state index in [1.165, 1.54) is 6.39 Å². The number of likely N-dealkylation sites (tertiary alicyclic amines) is 2. The molecule has 0 atom stereocenters. The van der Waals surface area contributed by atoms with Crippen molar-refractivity contribution < 1.29 is 14.0 Å². The fourth-order valence-electron chi connectivity index (χ4n) is 4.21. The van der Waals surface area contributed by atoms with Crippen LogP contribution < -0.4 is 0 Å². The zero-order chi connectivity index (χ0) is 19.6. The third-order valence-corrected chi connectivity index (χ3v) is 5.90. The summed E-state index contributed by atoms with van der Waals surface area (Å²) in [5, 5.41) is 0. The molecule has 2 aromatic rings. The molecule has 2 aliphatic heterocycles. The summed E-state index contributed by atoms with van der Waals surface area (Å²) in [7, 11) is 0. The van der Waals surface area contributed by atoms with E-state index in [-0.39, 0.29) is 17.2 Å². The van der Waals surface area contributed by atoms with E-state index in [0.717, 1.165) is 24.9 Å². The highest BCUT2D eigenvalue weighted by Crippen LogP contribution is 2.41. The Labute approximate surface area is 164 Å². The number of aromatic nitrogens is 1. The number of nitrogens with zero attached hydrogens (tertiary/aromatic N) is 3. The van der Waals surface area contributed by atoms with Gasteiger partial charge in [-0.2, -0.15) is 0 Å². The molecule has 146 valence electrons. The van der Waals surface area contributed by atoms with Gasteiger partial charge in [0.2, 0.25) is 5.91 Å². The molecule has 2 fully saturated rings. The number of piperidine rings is 1. The predicted molar refractivity (Wildman–Crippen MR) is 105 cm³/mol. The van der Waals surface area contributed by atoms with Gasteiger partial charge in [-0.05, 0) is 25.3 Å². The average molecular weight is 379 g/mol. The van der Waals surface area contributed by atoms with Crippen molar-refractivity contribution in [2.45, 2.75) is 26.2 Å². The number of carbonyl (C=O) groups is 2. The quantitative estimate of drug-likeness (QED) is 0.818. The minimum absolute atomic E-state index is 0.00663. The Hall–Kier alpha value is -2.89.